The molecule has 0 saturated carbocycles. The number of hydrogen-bond acceptors (Lipinski definition) is 8. The number of para-hydroxylation sites is 1. The van der Waals surface area contributed by atoms with Crippen LogP contribution in [0.1, 0.15) is 31.0 Å². The second kappa shape index (κ2) is 8.25. The first-order valence-electron chi connectivity index (χ1n) is 10.3. The van der Waals surface area contributed by atoms with Crippen LogP contribution in [0.5, 0.6) is 17.2 Å². The van der Waals surface area contributed by atoms with E-state index in [0.717, 1.165) is 0 Å². The summed E-state index contributed by atoms with van der Waals surface area (Å²) in [5.74, 6) is 0.682. The fourth-order valence-corrected chi connectivity index (χ4v) is 4.98. The number of phenols is 1. The number of fused-ring (bicyclic) bond motifs is 2. The fraction of sp³-hybridized carbons (Fsp3) is 0.208. The van der Waals surface area contributed by atoms with Crippen LogP contribution in [0, 0.1) is 0 Å². The Morgan fingerprint density at radius 3 is 2.85 bits per heavy atom. The maximum atomic E-state index is 13.5. The Labute approximate surface area is 192 Å². The molecule has 33 heavy (non-hydrogen) atoms. The van der Waals surface area contributed by atoms with Gasteiger partial charge in [0.25, 0.3) is 5.56 Å². The standard InChI is InChI=1S/C24H20N2O6S/c1-3-30-23(29)20-13(2)25-24-26(21(20)15-8-9-17-18(10-15)32-12-31-17)22(28)19(33-24)11-14-6-4-5-7-16(14)27/h4-11,21,27H,3,12H2,1-2H3/b19-11+/t21-/m0/s1. The van der Waals surface area contributed by atoms with Crippen LogP contribution in [-0.4, -0.2) is 29.0 Å². The fourth-order valence-electron chi connectivity index (χ4n) is 3.94. The van der Waals surface area contributed by atoms with Gasteiger partial charge in [-0.25, -0.2) is 9.79 Å². The molecule has 2 aromatic carbocycles. The Morgan fingerprint density at radius 2 is 2.06 bits per heavy atom. The maximum Gasteiger partial charge on any atom is 0.338 e. The summed E-state index contributed by atoms with van der Waals surface area (Å²) in [4.78, 5) is 31.5. The van der Waals surface area contributed by atoms with Gasteiger partial charge in [-0.15, -0.1) is 0 Å². The third-order valence-electron chi connectivity index (χ3n) is 5.45. The van der Waals surface area contributed by atoms with Gasteiger partial charge in [0.05, 0.1) is 28.5 Å². The minimum absolute atomic E-state index is 0.0686. The van der Waals surface area contributed by atoms with Crippen molar-refractivity contribution in [2.75, 3.05) is 13.4 Å². The van der Waals surface area contributed by atoms with Crippen LogP contribution in [0.15, 0.2) is 63.5 Å². The number of carbonyl (C=O) groups is 1. The van der Waals surface area contributed by atoms with Crippen molar-refractivity contribution >= 4 is 23.4 Å². The lowest BCUT2D eigenvalue weighted by molar-refractivity contribution is -0.139. The molecule has 0 aliphatic carbocycles. The van der Waals surface area contributed by atoms with Crippen molar-refractivity contribution in [2.45, 2.75) is 19.9 Å². The number of aromatic hydroxyl groups is 1. The maximum absolute atomic E-state index is 13.5. The lowest BCUT2D eigenvalue weighted by Gasteiger charge is -2.24. The van der Waals surface area contributed by atoms with Crippen molar-refractivity contribution in [3.8, 4) is 17.2 Å². The lowest BCUT2D eigenvalue weighted by Crippen LogP contribution is -2.39. The normalized spacial score (nSPS) is 17.0. The van der Waals surface area contributed by atoms with E-state index in [1.54, 1.807) is 62.4 Å². The number of rotatable bonds is 4. The predicted octanol–water partition coefficient (Wildman–Crippen LogP) is 2.23. The van der Waals surface area contributed by atoms with Crippen molar-refractivity contribution in [2.24, 2.45) is 4.99 Å². The summed E-state index contributed by atoms with van der Waals surface area (Å²) in [7, 11) is 0. The first-order valence-corrected chi connectivity index (χ1v) is 11.2. The van der Waals surface area contributed by atoms with E-state index in [2.05, 4.69) is 4.99 Å². The summed E-state index contributed by atoms with van der Waals surface area (Å²) in [6.45, 7) is 3.76. The number of ether oxygens (including phenoxy) is 3. The van der Waals surface area contributed by atoms with Crippen molar-refractivity contribution in [1.82, 2.24) is 4.57 Å². The molecule has 0 amide bonds. The minimum Gasteiger partial charge on any atom is -0.507 e. The van der Waals surface area contributed by atoms with Crippen molar-refractivity contribution < 1.29 is 24.1 Å². The third kappa shape index (κ3) is 3.60. The van der Waals surface area contributed by atoms with Gasteiger partial charge in [0.15, 0.2) is 16.3 Å². The Kier molecular flexibility index (Phi) is 5.26. The summed E-state index contributed by atoms with van der Waals surface area (Å²) in [6.07, 6.45) is 1.62. The summed E-state index contributed by atoms with van der Waals surface area (Å²) in [5.41, 5.74) is 1.64. The number of allylic oxidation sites excluding steroid dienone is 1. The van der Waals surface area contributed by atoms with Crippen molar-refractivity contribution in [3.63, 3.8) is 0 Å². The molecular weight excluding hydrogens is 444 g/mol. The number of phenolic OH excluding ortho intramolecular Hbond substituents is 1. The van der Waals surface area contributed by atoms with E-state index in [1.165, 1.54) is 15.9 Å². The Morgan fingerprint density at radius 1 is 1.27 bits per heavy atom. The minimum atomic E-state index is -0.749. The number of thiazole rings is 1. The second-order valence-electron chi connectivity index (χ2n) is 7.47. The first kappa shape index (κ1) is 21.0. The van der Waals surface area contributed by atoms with Crippen LogP contribution >= 0.6 is 11.3 Å². The Balaban J connectivity index is 1.74. The molecule has 0 spiro atoms. The van der Waals surface area contributed by atoms with E-state index in [-0.39, 0.29) is 30.3 Å². The number of esters is 1. The molecule has 0 saturated heterocycles. The van der Waals surface area contributed by atoms with Gasteiger partial charge >= 0.3 is 5.97 Å². The van der Waals surface area contributed by atoms with Crippen LogP contribution in [0.25, 0.3) is 6.08 Å². The van der Waals surface area contributed by atoms with Gasteiger partial charge in [-0.2, -0.15) is 0 Å². The summed E-state index contributed by atoms with van der Waals surface area (Å²) in [5, 5.41) is 10.1. The number of nitrogens with zero attached hydrogens (tertiary/aromatic N) is 2. The zero-order valence-electron chi connectivity index (χ0n) is 17.9. The summed E-state index contributed by atoms with van der Waals surface area (Å²) < 4.78 is 18.1. The van der Waals surface area contributed by atoms with Gasteiger partial charge in [0.1, 0.15) is 5.75 Å². The highest BCUT2D eigenvalue weighted by atomic mass is 32.1. The first-order chi connectivity index (χ1) is 16.0. The number of aromatic nitrogens is 1. The van der Waals surface area contributed by atoms with Gasteiger partial charge in [-0.05, 0) is 43.7 Å². The molecule has 0 fully saturated rings. The number of hydrogen-bond donors (Lipinski definition) is 1. The molecule has 0 bridgehead atoms. The predicted molar refractivity (Wildman–Crippen MR) is 121 cm³/mol. The molecule has 2 aliphatic heterocycles. The lowest BCUT2D eigenvalue weighted by atomic mass is 9.95. The summed E-state index contributed by atoms with van der Waals surface area (Å²) in [6, 6.07) is 11.3. The van der Waals surface area contributed by atoms with Gasteiger partial charge in [-0.1, -0.05) is 35.6 Å². The van der Waals surface area contributed by atoms with E-state index in [9.17, 15) is 14.7 Å². The van der Waals surface area contributed by atoms with E-state index in [1.807, 2.05) is 0 Å². The molecule has 3 heterocycles. The van der Waals surface area contributed by atoms with E-state index in [4.69, 9.17) is 14.2 Å². The molecule has 1 N–H and O–H groups in total. The Hall–Kier alpha value is -3.85. The van der Waals surface area contributed by atoms with Gasteiger partial charge in [-0.3, -0.25) is 9.36 Å². The molecule has 3 aromatic rings. The highest BCUT2D eigenvalue weighted by molar-refractivity contribution is 7.07. The highest BCUT2D eigenvalue weighted by Crippen LogP contribution is 2.38. The molecule has 1 atom stereocenters. The molecule has 2 aliphatic rings. The van der Waals surface area contributed by atoms with Crippen molar-refractivity contribution in [1.29, 1.82) is 0 Å². The van der Waals surface area contributed by atoms with E-state index in [0.29, 0.717) is 37.7 Å². The van der Waals surface area contributed by atoms with Gasteiger partial charge in [0, 0.05) is 5.56 Å². The Bertz CT molecular complexity index is 1480. The molecule has 0 radical (unpaired) electrons. The smallest absolute Gasteiger partial charge is 0.338 e. The van der Waals surface area contributed by atoms with Gasteiger partial charge < -0.3 is 19.3 Å². The quantitative estimate of drug-likeness (QED) is 0.595. The molecular formula is C24H20N2O6S. The van der Waals surface area contributed by atoms with E-state index >= 15 is 0 Å². The molecule has 1 aromatic heterocycles. The van der Waals surface area contributed by atoms with Crippen LogP contribution in [0.3, 0.4) is 0 Å². The monoisotopic (exact) mass is 464 g/mol. The van der Waals surface area contributed by atoms with Crippen LogP contribution in [0.4, 0.5) is 0 Å². The molecule has 8 nitrogen and oxygen atoms in total. The van der Waals surface area contributed by atoms with Gasteiger partial charge in [0.2, 0.25) is 6.79 Å². The van der Waals surface area contributed by atoms with Crippen LogP contribution in [-0.2, 0) is 9.53 Å². The molecule has 0 unspecified atom stereocenters. The molecule has 9 heteroatoms. The van der Waals surface area contributed by atoms with Crippen LogP contribution < -0.4 is 24.4 Å². The highest BCUT2D eigenvalue weighted by Gasteiger charge is 2.34. The van der Waals surface area contributed by atoms with Crippen LogP contribution in [0.2, 0.25) is 0 Å². The third-order valence-corrected chi connectivity index (χ3v) is 6.44. The average Bonchev–Trinajstić information content (AvgIpc) is 3.38. The zero-order chi connectivity index (χ0) is 23.1. The number of benzene rings is 2. The zero-order valence-corrected chi connectivity index (χ0v) is 18.7. The SMILES string of the molecule is CCOC(=O)C1=C(C)N=c2s/c(=C/c3ccccc3O)c(=O)n2[C@H]1c1ccc2c(c1)OCO2. The number of carbonyl (C=O) groups excluding carboxylic acids is 1. The van der Waals surface area contributed by atoms with E-state index < -0.39 is 12.0 Å². The summed E-state index contributed by atoms with van der Waals surface area (Å²) >= 11 is 1.20. The second-order valence-corrected chi connectivity index (χ2v) is 8.48. The molecule has 5 rings (SSSR count). The largest absolute Gasteiger partial charge is 0.507 e. The molecule has 168 valence electrons. The topological polar surface area (TPSA) is 99.4 Å². The average molecular weight is 464 g/mol. The van der Waals surface area contributed by atoms with Crippen molar-refractivity contribution in [3.05, 3.63) is 84.5 Å².